The third kappa shape index (κ3) is 3.22. The van der Waals surface area contributed by atoms with Gasteiger partial charge in [0, 0.05) is 27.0 Å². The van der Waals surface area contributed by atoms with E-state index < -0.39 is 0 Å². The second-order valence-corrected chi connectivity index (χ2v) is 7.30. The third-order valence-electron chi connectivity index (χ3n) is 3.51. The van der Waals surface area contributed by atoms with Gasteiger partial charge in [0.2, 0.25) is 0 Å². The van der Waals surface area contributed by atoms with Crippen molar-refractivity contribution in [2.45, 2.75) is 23.9 Å². The molecular formula is C16H15BrClNS. The number of thioether (sulfide) groups is 1. The van der Waals surface area contributed by atoms with E-state index in [1.807, 2.05) is 23.9 Å². The second-order valence-electron chi connectivity index (χ2n) is 4.84. The van der Waals surface area contributed by atoms with Crippen molar-refractivity contribution >= 4 is 39.3 Å². The van der Waals surface area contributed by atoms with Crippen LogP contribution in [-0.4, -0.2) is 5.75 Å². The summed E-state index contributed by atoms with van der Waals surface area (Å²) < 4.78 is 1.02. The van der Waals surface area contributed by atoms with Gasteiger partial charge < -0.3 is 5.32 Å². The number of fused-ring (bicyclic) bond motifs is 1. The van der Waals surface area contributed by atoms with E-state index in [-0.39, 0.29) is 0 Å². The van der Waals surface area contributed by atoms with E-state index in [2.05, 4.69) is 51.6 Å². The molecule has 1 unspecified atom stereocenters. The van der Waals surface area contributed by atoms with Gasteiger partial charge in [-0.2, -0.15) is 0 Å². The first kappa shape index (κ1) is 14.5. The minimum absolute atomic E-state index is 0.423. The van der Waals surface area contributed by atoms with Gasteiger partial charge in [-0.25, -0.2) is 0 Å². The number of hydrogen-bond acceptors (Lipinski definition) is 2. The van der Waals surface area contributed by atoms with Crippen LogP contribution in [0.2, 0.25) is 5.02 Å². The quantitative estimate of drug-likeness (QED) is 0.775. The molecule has 0 amide bonds. The lowest BCUT2D eigenvalue weighted by molar-refractivity contribution is 0.510. The van der Waals surface area contributed by atoms with Crippen LogP contribution in [0.5, 0.6) is 0 Å². The van der Waals surface area contributed by atoms with Gasteiger partial charge in [-0.1, -0.05) is 51.8 Å². The smallest absolute Gasteiger partial charge is 0.0462 e. The zero-order valence-electron chi connectivity index (χ0n) is 10.9. The Kier molecular flexibility index (Phi) is 4.72. The third-order valence-corrected chi connectivity index (χ3v) is 5.48. The van der Waals surface area contributed by atoms with Crippen molar-refractivity contribution in [2.75, 3.05) is 5.75 Å². The van der Waals surface area contributed by atoms with Gasteiger partial charge in [0.15, 0.2) is 0 Å². The maximum Gasteiger partial charge on any atom is 0.0462 e. The lowest BCUT2D eigenvalue weighted by Gasteiger charge is -2.26. The van der Waals surface area contributed by atoms with Crippen LogP contribution in [-0.2, 0) is 6.54 Å². The van der Waals surface area contributed by atoms with Crippen LogP contribution in [0, 0.1) is 0 Å². The van der Waals surface area contributed by atoms with E-state index in [1.165, 1.54) is 16.2 Å². The van der Waals surface area contributed by atoms with Gasteiger partial charge in [-0.3, -0.25) is 0 Å². The van der Waals surface area contributed by atoms with E-state index in [9.17, 15) is 0 Å². The van der Waals surface area contributed by atoms with Crippen molar-refractivity contribution in [3.05, 3.63) is 63.1 Å². The Bertz CT molecular complexity index is 617. The Morgan fingerprint density at radius 3 is 2.95 bits per heavy atom. The molecule has 0 saturated heterocycles. The van der Waals surface area contributed by atoms with E-state index in [0.29, 0.717) is 6.04 Å². The zero-order valence-corrected chi connectivity index (χ0v) is 14.1. The molecule has 2 aromatic carbocycles. The maximum atomic E-state index is 6.27. The fourth-order valence-electron chi connectivity index (χ4n) is 2.45. The van der Waals surface area contributed by atoms with Crippen molar-refractivity contribution in [1.29, 1.82) is 0 Å². The van der Waals surface area contributed by atoms with Crippen molar-refractivity contribution in [1.82, 2.24) is 5.32 Å². The monoisotopic (exact) mass is 367 g/mol. The standard InChI is InChI=1S/C16H15BrClNS/c17-12-6-5-11(14(18)9-12)10-19-15-7-8-20-16-4-2-1-3-13(15)16/h1-6,9,15,19H,7-8,10H2. The molecule has 0 aliphatic carbocycles. The molecule has 1 N–H and O–H groups in total. The highest BCUT2D eigenvalue weighted by molar-refractivity contribution is 9.10. The molecule has 2 aromatic rings. The summed E-state index contributed by atoms with van der Waals surface area (Å²) in [5, 5.41) is 4.45. The Morgan fingerprint density at radius 1 is 1.25 bits per heavy atom. The highest BCUT2D eigenvalue weighted by Crippen LogP contribution is 2.36. The van der Waals surface area contributed by atoms with E-state index in [1.54, 1.807) is 0 Å². The molecule has 104 valence electrons. The van der Waals surface area contributed by atoms with Gasteiger partial charge in [0.05, 0.1) is 0 Å². The molecule has 3 rings (SSSR count). The number of nitrogens with one attached hydrogen (secondary N) is 1. The Hall–Kier alpha value is -0.480. The van der Waals surface area contributed by atoms with Crippen molar-refractivity contribution in [3.63, 3.8) is 0 Å². The van der Waals surface area contributed by atoms with Gasteiger partial charge in [0.1, 0.15) is 0 Å². The number of rotatable bonds is 3. The number of hydrogen-bond donors (Lipinski definition) is 1. The molecule has 0 radical (unpaired) electrons. The summed E-state index contributed by atoms with van der Waals surface area (Å²) in [6.45, 7) is 0.801. The highest BCUT2D eigenvalue weighted by Gasteiger charge is 2.19. The molecule has 0 fully saturated rings. The molecule has 0 aromatic heterocycles. The molecular weight excluding hydrogens is 354 g/mol. The van der Waals surface area contributed by atoms with Crippen molar-refractivity contribution in [3.8, 4) is 0 Å². The lowest BCUT2D eigenvalue weighted by atomic mass is 10.0. The van der Waals surface area contributed by atoms with Crippen LogP contribution in [0.3, 0.4) is 0 Å². The first-order valence-electron chi connectivity index (χ1n) is 6.63. The summed E-state index contributed by atoms with van der Waals surface area (Å²) in [6, 6.07) is 15.1. The van der Waals surface area contributed by atoms with E-state index >= 15 is 0 Å². The average molecular weight is 369 g/mol. The number of halogens is 2. The predicted molar refractivity (Wildman–Crippen MR) is 90.5 cm³/mol. The minimum atomic E-state index is 0.423. The van der Waals surface area contributed by atoms with Gasteiger partial charge in [-0.15, -0.1) is 11.8 Å². The normalized spacial score (nSPS) is 17.8. The summed E-state index contributed by atoms with van der Waals surface area (Å²) in [6.07, 6.45) is 1.16. The first-order valence-corrected chi connectivity index (χ1v) is 8.79. The largest absolute Gasteiger partial charge is 0.306 e. The van der Waals surface area contributed by atoms with Crippen LogP contribution < -0.4 is 5.32 Å². The van der Waals surface area contributed by atoms with Gasteiger partial charge in [-0.05, 0) is 41.5 Å². The Balaban J connectivity index is 1.73. The van der Waals surface area contributed by atoms with Crippen molar-refractivity contribution < 1.29 is 0 Å². The molecule has 0 saturated carbocycles. The lowest BCUT2D eigenvalue weighted by Crippen LogP contribution is -2.24. The summed E-state index contributed by atoms with van der Waals surface area (Å²) in [7, 11) is 0. The fourth-order valence-corrected chi connectivity index (χ4v) is 4.32. The number of benzene rings is 2. The summed E-state index contributed by atoms with van der Waals surface area (Å²) >= 11 is 11.7. The first-order chi connectivity index (χ1) is 9.74. The molecule has 0 spiro atoms. The summed E-state index contributed by atoms with van der Waals surface area (Å²) in [5.74, 6) is 1.17. The van der Waals surface area contributed by atoms with Crippen LogP contribution >= 0.6 is 39.3 Å². The topological polar surface area (TPSA) is 12.0 Å². The second kappa shape index (κ2) is 6.52. The predicted octanol–water partition coefficient (Wildman–Crippen LogP) is 5.43. The molecule has 1 heterocycles. The molecule has 1 aliphatic rings. The highest BCUT2D eigenvalue weighted by atomic mass is 79.9. The van der Waals surface area contributed by atoms with E-state index in [4.69, 9.17) is 11.6 Å². The fraction of sp³-hybridized carbons (Fsp3) is 0.250. The molecule has 0 bridgehead atoms. The minimum Gasteiger partial charge on any atom is -0.306 e. The van der Waals surface area contributed by atoms with Gasteiger partial charge >= 0.3 is 0 Å². The van der Waals surface area contributed by atoms with Crippen LogP contribution in [0.1, 0.15) is 23.6 Å². The Morgan fingerprint density at radius 2 is 2.10 bits per heavy atom. The van der Waals surface area contributed by atoms with Gasteiger partial charge in [0.25, 0.3) is 0 Å². The molecule has 1 aliphatic heterocycles. The zero-order chi connectivity index (χ0) is 13.9. The maximum absolute atomic E-state index is 6.27. The average Bonchev–Trinajstić information content (AvgIpc) is 2.46. The Labute approximate surface area is 137 Å². The molecule has 1 nitrogen and oxygen atoms in total. The molecule has 4 heteroatoms. The van der Waals surface area contributed by atoms with E-state index in [0.717, 1.165) is 28.0 Å². The molecule has 20 heavy (non-hydrogen) atoms. The SMILES string of the molecule is Clc1cc(Br)ccc1CNC1CCSc2ccccc21. The van der Waals surface area contributed by atoms with Crippen LogP contribution in [0.25, 0.3) is 0 Å². The molecule has 1 atom stereocenters. The summed E-state index contributed by atoms with van der Waals surface area (Å²) in [5.41, 5.74) is 2.56. The summed E-state index contributed by atoms with van der Waals surface area (Å²) in [4.78, 5) is 1.40. The van der Waals surface area contributed by atoms with Crippen LogP contribution in [0.4, 0.5) is 0 Å². The van der Waals surface area contributed by atoms with Crippen LogP contribution in [0.15, 0.2) is 51.8 Å². The van der Waals surface area contributed by atoms with Crippen molar-refractivity contribution in [2.24, 2.45) is 0 Å².